The van der Waals surface area contributed by atoms with Crippen LogP contribution in [0, 0.1) is 0 Å². The van der Waals surface area contributed by atoms with Crippen LogP contribution < -0.4 is 15.8 Å². The van der Waals surface area contributed by atoms with E-state index >= 15 is 0 Å². The highest BCUT2D eigenvalue weighted by atomic mass is 16.5. The van der Waals surface area contributed by atoms with Crippen LogP contribution in [0.2, 0.25) is 0 Å². The average molecular weight is 265 g/mol. The fourth-order valence-electron chi connectivity index (χ4n) is 1.88. The zero-order chi connectivity index (χ0) is 14.3. The second-order valence-electron chi connectivity index (χ2n) is 4.20. The van der Waals surface area contributed by atoms with Gasteiger partial charge in [0.15, 0.2) is 0 Å². The first kappa shape index (κ1) is 15.3. The number of nitrogens with one attached hydrogen (secondary N) is 1. The van der Waals surface area contributed by atoms with Gasteiger partial charge in [-0.05, 0) is 25.2 Å². The Labute approximate surface area is 114 Å². The molecule has 1 rings (SSSR count). The Balaban J connectivity index is 2.59. The van der Waals surface area contributed by atoms with Gasteiger partial charge < -0.3 is 20.7 Å². The molecule has 0 aliphatic rings. The fourth-order valence-corrected chi connectivity index (χ4v) is 1.88. The maximum Gasteiger partial charge on any atom is 0.253 e. The smallest absolute Gasteiger partial charge is 0.253 e. The maximum atomic E-state index is 12.0. The molecule has 0 aliphatic heterocycles. The number of hydrogen-bond donors (Lipinski definition) is 2. The topological polar surface area (TPSA) is 67.6 Å². The quantitative estimate of drug-likeness (QED) is 0.730. The molecule has 0 saturated heterocycles. The SMILES string of the molecule is CCN(CC)CCNC(=O)c1cccc(OC)c1N. The molecule has 0 fully saturated rings. The molecule has 19 heavy (non-hydrogen) atoms. The first-order chi connectivity index (χ1) is 9.13. The van der Waals surface area contributed by atoms with Crippen molar-refractivity contribution in [2.75, 3.05) is 39.0 Å². The van der Waals surface area contributed by atoms with Gasteiger partial charge in [-0.25, -0.2) is 0 Å². The molecule has 0 aromatic heterocycles. The van der Waals surface area contributed by atoms with Crippen LogP contribution in [0.4, 0.5) is 5.69 Å². The molecule has 0 bridgehead atoms. The summed E-state index contributed by atoms with van der Waals surface area (Å²) in [6, 6.07) is 5.20. The second kappa shape index (κ2) is 7.63. The van der Waals surface area contributed by atoms with Gasteiger partial charge in [0.1, 0.15) is 5.75 Å². The first-order valence-corrected chi connectivity index (χ1v) is 6.57. The monoisotopic (exact) mass is 265 g/mol. The van der Waals surface area contributed by atoms with Crippen molar-refractivity contribution in [1.29, 1.82) is 0 Å². The van der Waals surface area contributed by atoms with Crippen LogP contribution in [0.5, 0.6) is 5.75 Å². The number of likely N-dealkylation sites (N-methyl/N-ethyl adjacent to an activating group) is 1. The lowest BCUT2D eigenvalue weighted by Crippen LogP contribution is -2.35. The molecule has 5 heteroatoms. The first-order valence-electron chi connectivity index (χ1n) is 6.57. The van der Waals surface area contributed by atoms with Crippen molar-refractivity contribution < 1.29 is 9.53 Å². The van der Waals surface area contributed by atoms with Crippen LogP contribution in [0.15, 0.2) is 18.2 Å². The minimum Gasteiger partial charge on any atom is -0.495 e. The summed E-state index contributed by atoms with van der Waals surface area (Å²) < 4.78 is 5.10. The molecule has 0 heterocycles. The number of benzene rings is 1. The molecule has 1 aromatic carbocycles. The van der Waals surface area contributed by atoms with E-state index < -0.39 is 0 Å². The van der Waals surface area contributed by atoms with Gasteiger partial charge in [-0.15, -0.1) is 0 Å². The average Bonchev–Trinajstić information content (AvgIpc) is 2.43. The van der Waals surface area contributed by atoms with Crippen molar-refractivity contribution in [2.45, 2.75) is 13.8 Å². The maximum absolute atomic E-state index is 12.0. The van der Waals surface area contributed by atoms with Crippen LogP contribution in [0.1, 0.15) is 24.2 Å². The summed E-state index contributed by atoms with van der Waals surface area (Å²) >= 11 is 0. The molecule has 0 unspecified atom stereocenters. The Kier molecular flexibility index (Phi) is 6.15. The number of carbonyl (C=O) groups is 1. The lowest BCUT2D eigenvalue weighted by molar-refractivity contribution is 0.0949. The van der Waals surface area contributed by atoms with Gasteiger partial charge in [0, 0.05) is 13.1 Å². The zero-order valence-corrected chi connectivity index (χ0v) is 11.9. The highest BCUT2D eigenvalue weighted by molar-refractivity contribution is 6.00. The predicted molar refractivity (Wildman–Crippen MR) is 77.5 cm³/mol. The summed E-state index contributed by atoms with van der Waals surface area (Å²) in [5.41, 5.74) is 6.72. The van der Waals surface area contributed by atoms with Gasteiger partial charge in [0.25, 0.3) is 5.91 Å². The lowest BCUT2D eigenvalue weighted by atomic mass is 10.1. The number of hydrogen-bond acceptors (Lipinski definition) is 4. The molecule has 3 N–H and O–H groups in total. The molecule has 0 saturated carbocycles. The number of nitrogens with two attached hydrogens (primary N) is 1. The minimum atomic E-state index is -0.163. The van der Waals surface area contributed by atoms with E-state index in [9.17, 15) is 4.79 Å². The van der Waals surface area contributed by atoms with Crippen LogP contribution >= 0.6 is 0 Å². The number of amides is 1. The van der Waals surface area contributed by atoms with E-state index in [0.717, 1.165) is 19.6 Å². The number of ether oxygens (including phenoxy) is 1. The van der Waals surface area contributed by atoms with Gasteiger partial charge in [-0.3, -0.25) is 4.79 Å². The highest BCUT2D eigenvalue weighted by Gasteiger charge is 2.12. The zero-order valence-electron chi connectivity index (χ0n) is 11.9. The van der Waals surface area contributed by atoms with Crippen molar-refractivity contribution in [2.24, 2.45) is 0 Å². The van der Waals surface area contributed by atoms with Crippen LogP contribution in [0.3, 0.4) is 0 Å². The summed E-state index contributed by atoms with van der Waals surface area (Å²) in [5, 5.41) is 2.87. The van der Waals surface area contributed by atoms with E-state index in [1.807, 2.05) is 0 Å². The van der Waals surface area contributed by atoms with E-state index in [1.54, 1.807) is 18.2 Å². The Morgan fingerprint density at radius 1 is 1.37 bits per heavy atom. The second-order valence-corrected chi connectivity index (χ2v) is 4.20. The molecule has 5 nitrogen and oxygen atoms in total. The lowest BCUT2D eigenvalue weighted by Gasteiger charge is -2.18. The molecule has 106 valence electrons. The number of nitrogen functional groups attached to an aromatic ring is 1. The summed E-state index contributed by atoms with van der Waals surface area (Å²) in [6.07, 6.45) is 0. The molecule has 0 atom stereocenters. The highest BCUT2D eigenvalue weighted by Crippen LogP contribution is 2.24. The Bertz CT molecular complexity index is 417. The number of anilines is 1. The van der Waals surface area contributed by atoms with Gasteiger partial charge in [-0.1, -0.05) is 19.9 Å². The molecule has 0 spiro atoms. The normalized spacial score (nSPS) is 10.5. The van der Waals surface area contributed by atoms with E-state index in [2.05, 4.69) is 24.1 Å². The molecule has 0 aliphatic carbocycles. The number of rotatable bonds is 7. The number of carbonyl (C=O) groups excluding carboxylic acids is 1. The van der Waals surface area contributed by atoms with Crippen LogP contribution in [-0.4, -0.2) is 44.1 Å². The fraction of sp³-hybridized carbons (Fsp3) is 0.500. The van der Waals surface area contributed by atoms with E-state index in [1.165, 1.54) is 7.11 Å². The predicted octanol–water partition coefficient (Wildman–Crippen LogP) is 1.35. The molecule has 1 aromatic rings. The molecular formula is C14H23N3O2. The Morgan fingerprint density at radius 3 is 2.63 bits per heavy atom. The van der Waals surface area contributed by atoms with E-state index in [-0.39, 0.29) is 5.91 Å². The van der Waals surface area contributed by atoms with E-state index in [0.29, 0.717) is 23.5 Å². The standard InChI is InChI=1S/C14H23N3O2/c1-4-17(5-2)10-9-16-14(18)11-7-6-8-12(19-3)13(11)15/h6-8H,4-5,9-10,15H2,1-3H3,(H,16,18). The molecular weight excluding hydrogens is 242 g/mol. The van der Waals surface area contributed by atoms with Crippen LogP contribution in [0.25, 0.3) is 0 Å². The third-order valence-corrected chi connectivity index (χ3v) is 3.14. The number of para-hydroxylation sites is 1. The van der Waals surface area contributed by atoms with Gasteiger partial charge >= 0.3 is 0 Å². The van der Waals surface area contributed by atoms with Gasteiger partial charge in [0.05, 0.1) is 18.4 Å². The Morgan fingerprint density at radius 2 is 2.05 bits per heavy atom. The molecule has 1 amide bonds. The largest absolute Gasteiger partial charge is 0.495 e. The third kappa shape index (κ3) is 4.13. The summed E-state index contributed by atoms with van der Waals surface area (Å²) in [6.45, 7) is 7.61. The minimum absolute atomic E-state index is 0.163. The van der Waals surface area contributed by atoms with Gasteiger partial charge in [0.2, 0.25) is 0 Å². The van der Waals surface area contributed by atoms with Crippen molar-refractivity contribution >= 4 is 11.6 Å². The summed E-state index contributed by atoms with van der Waals surface area (Å²) in [4.78, 5) is 14.3. The Hall–Kier alpha value is -1.75. The van der Waals surface area contributed by atoms with E-state index in [4.69, 9.17) is 10.5 Å². The van der Waals surface area contributed by atoms with Crippen molar-refractivity contribution in [3.8, 4) is 5.75 Å². The number of nitrogens with zero attached hydrogens (tertiary/aromatic N) is 1. The van der Waals surface area contributed by atoms with Crippen molar-refractivity contribution in [3.05, 3.63) is 23.8 Å². The third-order valence-electron chi connectivity index (χ3n) is 3.14. The van der Waals surface area contributed by atoms with Crippen molar-refractivity contribution in [1.82, 2.24) is 10.2 Å². The van der Waals surface area contributed by atoms with Gasteiger partial charge in [-0.2, -0.15) is 0 Å². The van der Waals surface area contributed by atoms with Crippen LogP contribution in [-0.2, 0) is 0 Å². The number of methoxy groups -OCH3 is 1. The summed E-state index contributed by atoms with van der Waals surface area (Å²) in [5.74, 6) is 0.361. The summed E-state index contributed by atoms with van der Waals surface area (Å²) in [7, 11) is 1.54. The molecule has 0 radical (unpaired) electrons. The van der Waals surface area contributed by atoms with Crippen molar-refractivity contribution in [3.63, 3.8) is 0 Å².